The zero-order valence-corrected chi connectivity index (χ0v) is 19.2. The third-order valence-corrected chi connectivity index (χ3v) is 6.67. The lowest BCUT2D eigenvalue weighted by Crippen LogP contribution is -2.15. The van der Waals surface area contributed by atoms with E-state index in [0.29, 0.717) is 11.6 Å². The number of carboxylic acids is 1. The molecule has 0 radical (unpaired) electrons. The second-order valence-corrected chi connectivity index (χ2v) is 8.93. The summed E-state index contributed by atoms with van der Waals surface area (Å²) in [5, 5.41) is 9.87. The number of nitrogens with zero attached hydrogens (tertiary/aromatic N) is 2. The summed E-state index contributed by atoms with van der Waals surface area (Å²) in [6.07, 6.45) is 6.02. The topological polar surface area (TPSA) is 85.5 Å². The van der Waals surface area contributed by atoms with E-state index in [4.69, 9.17) is 19.2 Å². The highest BCUT2D eigenvalue weighted by Gasteiger charge is 2.29. The van der Waals surface area contributed by atoms with Gasteiger partial charge in [0.1, 0.15) is 18.7 Å². The molecule has 0 spiro atoms. The molecule has 2 heterocycles. The highest BCUT2D eigenvalue weighted by molar-refractivity contribution is 6.01. The maximum Gasteiger partial charge on any atom is 0.329 e. The Bertz CT molecular complexity index is 1280. The molecule has 1 aliphatic rings. The number of benzene rings is 2. The van der Waals surface area contributed by atoms with Gasteiger partial charge in [0.15, 0.2) is 0 Å². The highest BCUT2D eigenvalue weighted by Crippen LogP contribution is 2.42. The number of rotatable bonds is 8. The van der Waals surface area contributed by atoms with E-state index in [1.807, 2.05) is 18.2 Å². The summed E-state index contributed by atoms with van der Waals surface area (Å²) in [5.41, 5.74) is 5.96. The lowest BCUT2D eigenvalue weighted by molar-refractivity contribution is -0.144. The van der Waals surface area contributed by atoms with Crippen molar-refractivity contribution in [3.05, 3.63) is 72.2 Å². The quantitative estimate of drug-likeness (QED) is 0.354. The standard InChI is InChI=1S/C28H28N2O4/c1-2-18-8-11-20(12-9-18)25-26-23(15-19-10-13-22(14-19)33-16-24(31)32)29-17-30-28(26)34-27(25)21-6-4-3-5-7-21/h3-9,11-12,17,19,22H,2,10,13-16H2,1H3,(H,31,32)/t19-,22+/m0/s1. The molecule has 0 saturated heterocycles. The molecule has 1 saturated carbocycles. The molecule has 0 amide bonds. The molecule has 0 unspecified atom stereocenters. The van der Waals surface area contributed by atoms with Gasteiger partial charge in [0.05, 0.1) is 17.2 Å². The monoisotopic (exact) mass is 456 g/mol. The fourth-order valence-corrected chi connectivity index (χ4v) is 4.95. The van der Waals surface area contributed by atoms with Crippen LogP contribution in [0.15, 0.2) is 65.3 Å². The Balaban J connectivity index is 1.55. The number of ether oxygens (including phenoxy) is 1. The van der Waals surface area contributed by atoms with Gasteiger partial charge in [0.25, 0.3) is 0 Å². The van der Waals surface area contributed by atoms with Crippen molar-refractivity contribution >= 4 is 17.1 Å². The molecule has 4 aromatic rings. The minimum Gasteiger partial charge on any atom is -0.480 e. The van der Waals surface area contributed by atoms with Gasteiger partial charge in [-0.3, -0.25) is 0 Å². The Hall–Kier alpha value is -3.51. The maximum atomic E-state index is 10.9. The van der Waals surface area contributed by atoms with Gasteiger partial charge in [-0.1, -0.05) is 61.5 Å². The van der Waals surface area contributed by atoms with Crippen LogP contribution in [-0.2, 0) is 22.4 Å². The summed E-state index contributed by atoms with van der Waals surface area (Å²) in [5.74, 6) is 0.254. The van der Waals surface area contributed by atoms with Gasteiger partial charge >= 0.3 is 5.97 Å². The van der Waals surface area contributed by atoms with E-state index in [9.17, 15) is 4.79 Å². The summed E-state index contributed by atoms with van der Waals surface area (Å²) in [6, 6.07) is 18.7. The van der Waals surface area contributed by atoms with Crippen LogP contribution in [0.4, 0.5) is 0 Å². The molecular weight excluding hydrogens is 428 g/mol. The summed E-state index contributed by atoms with van der Waals surface area (Å²) in [7, 11) is 0. The number of aromatic nitrogens is 2. The van der Waals surface area contributed by atoms with Gasteiger partial charge in [-0.05, 0) is 49.1 Å². The molecule has 2 atom stereocenters. The van der Waals surface area contributed by atoms with E-state index in [1.54, 1.807) is 6.33 Å². The van der Waals surface area contributed by atoms with Crippen molar-refractivity contribution in [2.45, 2.75) is 45.1 Å². The van der Waals surface area contributed by atoms with Gasteiger partial charge in [-0.25, -0.2) is 14.8 Å². The SMILES string of the molecule is CCc1ccc(-c2c(-c3ccccc3)oc3ncnc(C[C@H]4CC[C@@H](OCC(=O)O)C4)c23)cc1. The smallest absolute Gasteiger partial charge is 0.329 e. The van der Waals surface area contributed by atoms with E-state index < -0.39 is 5.97 Å². The largest absolute Gasteiger partial charge is 0.480 e. The van der Waals surface area contributed by atoms with Crippen molar-refractivity contribution in [3.63, 3.8) is 0 Å². The van der Waals surface area contributed by atoms with Crippen molar-refractivity contribution in [1.82, 2.24) is 9.97 Å². The minimum absolute atomic E-state index is 0.0104. The van der Waals surface area contributed by atoms with Crippen LogP contribution >= 0.6 is 0 Å². The van der Waals surface area contributed by atoms with E-state index in [1.165, 1.54) is 5.56 Å². The molecule has 1 aliphatic carbocycles. The molecule has 2 aromatic heterocycles. The van der Waals surface area contributed by atoms with Gasteiger partial charge in [-0.15, -0.1) is 0 Å². The third kappa shape index (κ3) is 4.59. The second-order valence-electron chi connectivity index (χ2n) is 8.93. The van der Waals surface area contributed by atoms with E-state index in [0.717, 1.165) is 65.6 Å². The first-order valence-corrected chi connectivity index (χ1v) is 11.9. The van der Waals surface area contributed by atoms with Gasteiger partial charge in [-0.2, -0.15) is 0 Å². The zero-order chi connectivity index (χ0) is 23.5. The molecule has 6 nitrogen and oxygen atoms in total. The summed E-state index contributed by atoms with van der Waals surface area (Å²) in [6.45, 7) is 1.91. The molecule has 5 rings (SSSR count). The Morgan fingerprint density at radius 2 is 1.85 bits per heavy atom. The van der Waals surface area contributed by atoms with Crippen molar-refractivity contribution in [2.24, 2.45) is 5.92 Å². The van der Waals surface area contributed by atoms with Crippen LogP contribution < -0.4 is 0 Å². The second kappa shape index (κ2) is 9.77. The number of hydrogen-bond acceptors (Lipinski definition) is 5. The Morgan fingerprint density at radius 1 is 1.06 bits per heavy atom. The molecule has 2 aromatic carbocycles. The average molecular weight is 457 g/mol. The van der Waals surface area contributed by atoms with Crippen LogP contribution in [0.2, 0.25) is 0 Å². The zero-order valence-electron chi connectivity index (χ0n) is 19.2. The summed E-state index contributed by atoms with van der Waals surface area (Å²) < 4.78 is 11.9. The first kappa shape index (κ1) is 22.3. The molecule has 1 fully saturated rings. The molecule has 1 N–H and O–H groups in total. The minimum atomic E-state index is -0.925. The summed E-state index contributed by atoms with van der Waals surface area (Å²) >= 11 is 0. The number of carbonyl (C=O) groups is 1. The Kier molecular flexibility index (Phi) is 6.41. The first-order chi connectivity index (χ1) is 16.6. The number of hydrogen-bond donors (Lipinski definition) is 1. The lowest BCUT2D eigenvalue weighted by atomic mass is 9.94. The summed E-state index contributed by atoms with van der Waals surface area (Å²) in [4.78, 5) is 20.0. The van der Waals surface area contributed by atoms with Crippen molar-refractivity contribution in [1.29, 1.82) is 0 Å². The predicted molar refractivity (Wildman–Crippen MR) is 130 cm³/mol. The van der Waals surface area contributed by atoms with Crippen LogP contribution in [0, 0.1) is 5.92 Å². The third-order valence-electron chi connectivity index (χ3n) is 6.67. The van der Waals surface area contributed by atoms with Crippen LogP contribution in [0.25, 0.3) is 33.6 Å². The molecule has 6 heteroatoms. The van der Waals surface area contributed by atoms with Gasteiger partial charge in [0, 0.05) is 11.1 Å². The lowest BCUT2D eigenvalue weighted by Gasteiger charge is -2.12. The van der Waals surface area contributed by atoms with E-state index in [-0.39, 0.29) is 12.7 Å². The van der Waals surface area contributed by atoms with Gasteiger partial charge in [0.2, 0.25) is 5.71 Å². The predicted octanol–water partition coefficient (Wildman–Crippen LogP) is 5.93. The fourth-order valence-electron chi connectivity index (χ4n) is 4.95. The Labute approximate surface area is 198 Å². The number of carboxylic acid groups (broad SMARTS) is 1. The van der Waals surface area contributed by atoms with Crippen molar-refractivity contribution in [2.75, 3.05) is 6.61 Å². The number of aliphatic carboxylic acids is 1. The van der Waals surface area contributed by atoms with Crippen molar-refractivity contribution in [3.8, 4) is 22.5 Å². The van der Waals surface area contributed by atoms with Crippen LogP contribution in [-0.4, -0.2) is 33.8 Å². The average Bonchev–Trinajstić information content (AvgIpc) is 3.48. The molecule has 174 valence electrons. The Morgan fingerprint density at radius 3 is 2.59 bits per heavy atom. The first-order valence-electron chi connectivity index (χ1n) is 11.9. The number of aryl methyl sites for hydroxylation is 1. The van der Waals surface area contributed by atoms with Crippen molar-refractivity contribution < 1.29 is 19.1 Å². The van der Waals surface area contributed by atoms with Crippen LogP contribution in [0.1, 0.15) is 37.4 Å². The van der Waals surface area contributed by atoms with Crippen LogP contribution in [0.3, 0.4) is 0 Å². The molecule has 0 bridgehead atoms. The maximum absolute atomic E-state index is 10.9. The molecule has 0 aliphatic heterocycles. The molecule has 34 heavy (non-hydrogen) atoms. The molecular formula is C28H28N2O4. The van der Waals surface area contributed by atoms with Crippen LogP contribution in [0.5, 0.6) is 0 Å². The van der Waals surface area contributed by atoms with Gasteiger partial charge < -0.3 is 14.3 Å². The van der Waals surface area contributed by atoms with E-state index in [2.05, 4.69) is 48.3 Å². The number of furan rings is 1. The normalized spacial score (nSPS) is 17.9. The number of fused-ring (bicyclic) bond motifs is 1. The fraction of sp³-hybridized carbons (Fsp3) is 0.321. The highest BCUT2D eigenvalue weighted by atomic mass is 16.5. The van der Waals surface area contributed by atoms with E-state index >= 15 is 0 Å².